The number of amides is 1. The van der Waals surface area contributed by atoms with Crippen LogP contribution in [0.3, 0.4) is 0 Å². The van der Waals surface area contributed by atoms with E-state index in [4.69, 9.17) is 19.3 Å². The number of methoxy groups -OCH3 is 3. The van der Waals surface area contributed by atoms with Gasteiger partial charge in [-0.1, -0.05) is 0 Å². The SMILES string of the molecule is COc1cc(OC)c(C(=O)NCCC(=O)O)cc1OC. The maximum atomic E-state index is 12.0. The predicted molar refractivity (Wildman–Crippen MR) is 70.7 cm³/mol. The fraction of sp³-hybridized carbons (Fsp3) is 0.385. The molecule has 2 N–H and O–H groups in total. The van der Waals surface area contributed by atoms with E-state index in [0.29, 0.717) is 17.2 Å². The van der Waals surface area contributed by atoms with Crippen LogP contribution in [0, 0.1) is 0 Å². The quantitative estimate of drug-likeness (QED) is 0.772. The maximum absolute atomic E-state index is 12.0. The first-order chi connectivity index (χ1) is 9.53. The van der Waals surface area contributed by atoms with E-state index in [9.17, 15) is 9.59 Å². The average Bonchev–Trinajstić information content (AvgIpc) is 2.45. The predicted octanol–water partition coefficient (Wildman–Crippen LogP) is 0.917. The van der Waals surface area contributed by atoms with Crippen molar-refractivity contribution in [3.05, 3.63) is 17.7 Å². The lowest BCUT2D eigenvalue weighted by Gasteiger charge is -2.13. The molecule has 1 aromatic carbocycles. The lowest BCUT2D eigenvalue weighted by Crippen LogP contribution is -2.26. The van der Waals surface area contributed by atoms with Gasteiger partial charge in [-0.2, -0.15) is 0 Å². The molecule has 0 aliphatic carbocycles. The molecule has 0 saturated carbocycles. The highest BCUT2D eigenvalue weighted by Gasteiger charge is 2.17. The minimum absolute atomic E-state index is 0.0334. The largest absolute Gasteiger partial charge is 0.496 e. The molecule has 0 aliphatic heterocycles. The molecule has 0 unspecified atom stereocenters. The molecule has 0 heterocycles. The molecule has 7 heteroatoms. The molecular formula is C13H17NO6. The summed E-state index contributed by atoms with van der Waals surface area (Å²) in [6.07, 6.45) is -0.151. The summed E-state index contributed by atoms with van der Waals surface area (Å²) in [5, 5.41) is 11.0. The summed E-state index contributed by atoms with van der Waals surface area (Å²) in [5.41, 5.74) is 0.246. The Morgan fingerprint density at radius 1 is 1.05 bits per heavy atom. The van der Waals surface area contributed by atoms with Crippen molar-refractivity contribution in [3.63, 3.8) is 0 Å². The van der Waals surface area contributed by atoms with E-state index >= 15 is 0 Å². The summed E-state index contributed by atoms with van der Waals surface area (Å²) in [4.78, 5) is 22.4. The second kappa shape index (κ2) is 7.22. The van der Waals surface area contributed by atoms with Gasteiger partial charge in [0.25, 0.3) is 5.91 Å². The molecule has 110 valence electrons. The molecule has 0 bridgehead atoms. The number of rotatable bonds is 7. The van der Waals surface area contributed by atoms with E-state index in [1.807, 2.05) is 0 Å². The lowest BCUT2D eigenvalue weighted by molar-refractivity contribution is -0.136. The van der Waals surface area contributed by atoms with Crippen LogP contribution >= 0.6 is 0 Å². The third-order valence-corrected chi connectivity index (χ3v) is 2.57. The maximum Gasteiger partial charge on any atom is 0.305 e. The van der Waals surface area contributed by atoms with Gasteiger partial charge in [-0.15, -0.1) is 0 Å². The summed E-state index contributed by atoms with van der Waals surface area (Å²) < 4.78 is 15.3. The number of benzene rings is 1. The van der Waals surface area contributed by atoms with E-state index in [1.165, 1.54) is 33.5 Å². The Kier molecular flexibility index (Phi) is 5.64. The van der Waals surface area contributed by atoms with Gasteiger partial charge >= 0.3 is 5.97 Å². The van der Waals surface area contributed by atoms with Gasteiger partial charge in [0, 0.05) is 18.7 Å². The molecule has 1 rings (SSSR count). The molecule has 0 fully saturated rings. The van der Waals surface area contributed by atoms with Crippen LogP contribution in [0.5, 0.6) is 17.2 Å². The van der Waals surface area contributed by atoms with E-state index in [-0.39, 0.29) is 18.5 Å². The van der Waals surface area contributed by atoms with Gasteiger partial charge in [0.15, 0.2) is 11.5 Å². The van der Waals surface area contributed by atoms with Gasteiger partial charge in [-0.05, 0) is 0 Å². The third-order valence-electron chi connectivity index (χ3n) is 2.57. The number of nitrogens with one attached hydrogen (secondary N) is 1. The number of aliphatic carboxylic acids is 1. The Morgan fingerprint density at radius 3 is 2.10 bits per heavy atom. The molecule has 7 nitrogen and oxygen atoms in total. The van der Waals surface area contributed by atoms with Gasteiger partial charge in [0.1, 0.15) is 5.75 Å². The molecule has 0 spiro atoms. The second-order valence-corrected chi connectivity index (χ2v) is 3.81. The van der Waals surface area contributed by atoms with Crippen LogP contribution in [0.2, 0.25) is 0 Å². The highest BCUT2D eigenvalue weighted by molar-refractivity contribution is 5.98. The lowest BCUT2D eigenvalue weighted by atomic mass is 10.1. The fourth-order valence-corrected chi connectivity index (χ4v) is 1.58. The minimum Gasteiger partial charge on any atom is -0.496 e. The molecule has 0 saturated heterocycles. The van der Waals surface area contributed by atoms with Crippen LogP contribution in [0.4, 0.5) is 0 Å². The van der Waals surface area contributed by atoms with E-state index in [1.54, 1.807) is 0 Å². The van der Waals surface area contributed by atoms with Crippen molar-refractivity contribution in [3.8, 4) is 17.2 Å². The van der Waals surface area contributed by atoms with Gasteiger partial charge in [0.05, 0.1) is 33.3 Å². The fourth-order valence-electron chi connectivity index (χ4n) is 1.58. The second-order valence-electron chi connectivity index (χ2n) is 3.81. The molecule has 1 aromatic rings. The first-order valence-electron chi connectivity index (χ1n) is 5.83. The van der Waals surface area contributed by atoms with Crippen LogP contribution in [-0.2, 0) is 4.79 Å². The average molecular weight is 283 g/mol. The highest BCUT2D eigenvalue weighted by atomic mass is 16.5. The molecule has 0 radical (unpaired) electrons. The molecule has 0 aromatic heterocycles. The topological polar surface area (TPSA) is 94.1 Å². The first-order valence-corrected chi connectivity index (χ1v) is 5.83. The van der Waals surface area contributed by atoms with Crippen molar-refractivity contribution in [1.82, 2.24) is 5.32 Å². The number of carboxylic acids is 1. The first kappa shape index (κ1) is 15.6. The zero-order chi connectivity index (χ0) is 15.1. The molecule has 0 aliphatic rings. The Hall–Kier alpha value is -2.44. The molecular weight excluding hydrogens is 266 g/mol. The highest BCUT2D eigenvalue weighted by Crippen LogP contribution is 2.34. The van der Waals surface area contributed by atoms with E-state index in [0.717, 1.165) is 0 Å². The van der Waals surface area contributed by atoms with Crippen LogP contribution in [0.25, 0.3) is 0 Å². The third kappa shape index (κ3) is 3.78. The number of hydrogen-bond donors (Lipinski definition) is 2. The van der Waals surface area contributed by atoms with Crippen LogP contribution in [-0.4, -0.2) is 44.9 Å². The number of hydrogen-bond acceptors (Lipinski definition) is 5. The summed E-state index contributed by atoms with van der Waals surface area (Å²) in [6.45, 7) is 0.0334. The van der Waals surface area contributed by atoms with Crippen molar-refractivity contribution in [2.24, 2.45) is 0 Å². The zero-order valence-electron chi connectivity index (χ0n) is 11.6. The Morgan fingerprint density at radius 2 is 1.60 bits per heavy atom. The summed E-state index contributed by atoms with van der Waals surface area (Å²) in [6, 6.07) is 3.01. The number of carboxylic acid groups (broad SMARTS) is 1. The summed E-state index contributed by atoms with van der Waals surface area (Å²) in [7, 11) is 4.36. The number of ether oxygens (including phenoxy) is 3. The van der Waals surface area contributed by atoms with Crippen LogP contribution in [0.1, 0.15) is 16.8 Å². The van der Waals surface area contributed by atoms with Crippen molar-refractivity contribution >= 4 is 11.9 Å². The van der Waals surface area contributed by atoms with Crippen molar-refractivity contribution < 1.29 is 28.9 Å². The smallest absolute Gasteiger partial charge is 0.305 e. The number of carbonyl (C=O) groups excluding carboxylic acids is 1. The molecule has 1 amide bonds. The zero-order valence-corrected chi connectivity index (χ0v) is 11.6. The van der Waals surface area contributed by atoms with E-state index < -0.39 is 11.9 Å². The Labute approximate surface area is 116 Å². The summed E-state index contributed by atoms with van der Waals surface area (Å²) >= 11 is 0. The normalized spacial score (nSPS) is 9.75. The summed E-state index contributed by atoms with van der Waals surface area (Å²) in [5.74, 6) is -0.285. The van der Waals surface area contributed by atoms with Crippen LogP contribution < -0.4 is 19.5 Å². The van der Waals surface area contributed by atoms with Gasteiger partial charge in [-0.25, -0.2) is 0 Å². The van der Waals surface area contributed by atoms with Gasteiger partial charge in [0.2, 0.25) is 0 Å². The van der Waals surface area contributed by atoms with Crippen LogP contribution in [0.15, 0.2) is 12.1 Å². The minimum atomic E-state index is -0.982. The van der Waals surface area contributed by atoms with Crippen molar-refractivity contribution in [1.29, 1.82) is 0 Å². The monoisotopic (exact) mass is 283 g/mol. The number of carbonyl (C=O) groups is 2. The van der Waals surface area contributed by atoms with E-state index in [2.05, 4.69) is 5.32 Å². The molecule has 0 atom stereocenters. The Bertz CT molecular complexity index is 500. The molecule has 20 heavy (non-hydrogen) atoms. The van der Waals surface area contributed by atoms with Crippen molar-refractivity contribution in [2.45, 2.75) is 6.42 Å². The van der Waals surface area contributed by atoms with Gasteiger partial charge < -0.3 is 24.6 Å². The van der Waals surface area contributed by atoms with Gasteiger partial charge in [-0.3, -0.25) is 9.59 Å². The van der Waals surface area contributed by atoms with Crippen molar-refractivity contribution in [2.75, 3.05) is 27.9 Å². The standard InChI is InChI=1S/C13H17NO6/c1-18-9-7-11(20-3)10(19-2)6-8(9)13(17)14-5-4-12(15)16/h6-7H,4-5H2,1-3H3,(H,14,17)(H,15,16). The Balaban J connectivity index is 2.97.